The van der Waals surface area contributed by atoms with Crippen molar-refractivity contribution in [2.24, 2.45) is 11.8 Å². The van der Waals surface area contributed by atoms with Gasteiger partial charge in [0.2, 0.25) is 5.78 Å². The van der Waals surface area contributed by atoms with Crippen molar-refractivity contribution >= 4 is 12.1 Å². The summed E-state index contributed by atoms with van der Waals surface area (Å²) in [6, 6.07) is 0. The monoisotopic (exact) mass is 284 g/mol. The smallest absolute Gasteiger partial charge is 0.226 e. The van der Waals surface area contributed by atoms with E-state index in [0.29, 0.717) is 18.8 Å². The topological polar surface area (TPSA) is 52.6 Å². The third kappa shape index (κ3) is 4.38. The Hall–Kier alpha value is -0.740. The molecule has 5 unspecified atom stereocenters. The Bertz CT molecular complexity index is 316. The quantitative estimate of drug-likeness (QED) is 0.508. The summed E-state index contributed by atoms with van der Waals surface area (Å²) < 4.78 is 11.8. The standard InChI is InChI=1S/C16H28O4/c1-5-7-11(3)14-10-19-15(12(4)8-6-2)16(20-14)13(18)9-17/h9,11-12,14-16H,5-8,10H2,1-4H3. The molecule has 116 valence electrons. The molecule has 0 amide bonds. The predicted octanol–water partition coefficient (Wildman–Crippen LogP) is 2.78. The molecule has 0 aromatic rings. The van der Waals surface area contributed by atoms with Gasteiger partial charge in [-0.05, 0) is 24.7 Å². The lowest BCUT2D eigenvalue weighted by Gasteiger charge is -2.40. The van der Waals surface area contributed by atoms with Gasteiger partial charge in [0.05, 0.1) is 18.8 Å². The predicted molar refractivity (Wildman–Crippen MR) is 77.6 cm³/mol. The van der Waals surface area contributed by atoms with E-state index in [1.807, 2.05) is 0 Å². The minimum atomic E-state index is -0.730. The Morgan fingerprint density at radius 2 is 1.80 bits per heavy atom. The summed E-state index contributed by atoms with van der Waals surface area (Å²) in [5, 5.41) is 0. The Morgan fingerprint density at radius 3 is 2.35 bits per heavy atom. The molecule has 0 N–H and O–H groups in total. The van der Waals surface area contributed by atoms with Gasteiger partial charge in [0.15, 0.2) is 6.29 Å². The summed E-state index contributed by atoms with van der Waals surface area (Å²) in [7, 11) is 0. The van der Waals surface area contributed by atoms with Crippen LogP contribution < -0.4 is 0 Å². The molecule has 0 bridgehead atoms. The van der Waals surface area contributed by atoms with Crippen LogP contribution in [0.15, 0.2) is 0 Å². The summed E-state index contributed by atoms with van der Waals surface area (Å²) >= 11 is 0. The van der Waals surface area contributed by atoms with E-state index in [-0.39, 0.29) is 18.1 Å². The van der Waals surface area contributed by atoms with Gasteiger partial charge in [-0.3, -0.25) is 9.59 Å². The molecule has 1 aliphatic heterocycles. The third-order valence-electron chi connectivity index (χ3n) is 4.15. The first kappa shape index (κ1) is 17.3. The number of rotatable bonds is 8. The van der Waals surface area contributed by atoms with Gasteiger partial charge in [-0.1, -0.05) is 40.5 Å². The second-order valence-electron chi connectivity index (χ2n) is 5.95. The van der Waals surface area contributed by atoms with E-state index in [0.717, 1.165) is 25.7 Å². The van der Waals surface area contributed by atoms with Crippen LogP contribution in [-0.4, -0.2) is 37.0 Å². The fourth-order valence-electron chi connectivity index (χ4n) is 2.92. The molecule has 1 rings (SSSR count). The van der Waals surface area contributed by atoms with E-state index in [1.165, 1.54) is 0 Å². The number of ketones is 1. The molecule has 5 atom stereocenters. The van der Waals surface area contributed by atoms with Crippen LogP contribution in [0.25, 0.3) is 0 Å². The average molecular weight is 284 g/mol. The number of hydrogen-bond donors (Lipinski definition) is 0. The second-order valence-corrected chi connectivity index (χ2v) is 5.95. The van der Waals surface area contributed by atoms with Crippen LogP contribution in [0.3, 0.4) is 0 Å². The molecule has 1 fully saturated rings. The SMILES string of the molecule is CCCC(C)C1COC(C(C)CCC)C(C(=O)C=O)O1. The number of carbonyl (C=O) groups is 2. The van der Waals surface area contributed by atoms with Crippen molar-refractivity contribution < 1.29 is 19.1 Å². The van der Waals surface area contributed by atoms with Crippen molar-refractivity contribution in [3.63, 3.8) is 0 Å². The average Bonchev–Trinajstić information content (AvgIpc) is 2.46. The molecule has 0 saturated carbocycles. The molecular formula is C16H28O4. The lowest BCUT2D eigenvalue weighted by molar-refractivity contribution is -0.206. The maximum absolute atomic E-state index is 11.8. The molecule has 0 aromatic heterocycles. The maximum Gasteiger partial charge on any atom is 0.226 e. The number of carbonyl (C=O) groups excluding carboxylic acids is 2. The lowest BCUT2D eigenvalue weighted by Crippen LogP contribution is -2.52. The van der Waals surface area contributed by atoms with Crippen molar-refractivity contribution in [1.29, 1.82) is 0 Å². The summed E-state index contributed by atoms with van der Waals surface area (Å²) in [4.78, 5) is 22.7. The van der Waals surface area contributed by atoms with E-state index in [1.54, 1.807) is 0 Å². The zero-order valence-corrected chi connectivity index (χ0v) is 13.1. The summed E-state index contributed by atoms with van der Waals surface area (Å²) in [5.74, 6) is 0.0621. The van der Waals surface area contributed by atoms with Crippen molar-refractivity contribution in [1.82, 2.24) is 0 Å². The Balaban J connectivity index is 2.75. The third-order valence-corrected chi connectivity index (χ3v) is 4.15. The van der Waals surface area contributed by atoms with E-state index >= 15 is 0 Å². The number of aldehydes is 1. The van der Waals surface area contributed by atoms with E-state index in [2.05, 4.69) is 27.7 Å². The highest BCUT2D eigenvalue weighted by Crippen LogP contribution is 2.28. The van der Waals surface area contributed by atoms with Crippen LogP contribution in [0.2, 0.25) is 0 Å². The van der Waals surface area contributed by atoms with E-state index in [9.17, 15) is 9.59 Å². The molecule has 1 aliphatic rings. The fraction of sp³-hybridized carbons (Fsp3) is 0.875. The van der Waals surface area contributed by atoms with Gasteiger partial charge >= 0.3 is 0 Å². The largest absolute Gasteiger partial charge is 0.372 e. The maximum atomic E-state index is 11.8. The molecule has 1 heterocycles. The van der Waals surface area contributed by atoms with E-state index < -0.39 is 11.9 Å². The highest BCUT2D eigenvalue weighted by molar-refractivity contribution is 6.27. The molecule has 1 saturated heterocycles. The van der Waals surface area contributed by atoms with Crippen molar-refractivity contribution in [3.8, 4) is 0 Å². The zero-order chi connectivity index (χ0) is 15.1. The molecular weight excluding hydrogens is 256 g/mol. The van der Waals surface area contributed by atoms with E-state index in [4.69, 9.17) is 9.47 Å². The molecule has 0 spiro atoms. The molecule has 4 nitrogen and oxygen atoms in total. The van der Waals surface area contributed by atoms with Gasteiger partial charge in [-0.25, -0.2) is 0 Å². The minimum Gasteiger partial charge on any atom is -0.372 e. The second kappa shape index (κ2) is 8.53. The fourth-order valence-corrected chi connectivity index (χ4v) is 2.92. The Kier molecular flexibility index (Phi) is 7.38. The van der Waals surface area contributed by atoms with Crippen LogP contribution in [0.5, 0.6) is 0 Å². The summed E-state index contributed by atoms with van der Waals surface area (Å²) in [5.41, 5.74) is 0. The normalized spacial score (nSPS) is 29.7. The van der Waals surface area contributed by atoms with Gasteiger partial charge in [-0.2, -0.15) is 0 Å². The zero-order valence-electron chi connectivity index (χ0n) is 13.1. The number of hydrogen-bond acceptors (Lipinski definition) is 4. The van der Waals surface area contributed by atoms with Crippen molar-refractivity contribution in [3.05, 3.63) is 0 Å². The Morgan fingerprint density at radius 1 is 1.20 bits per heavy atom. The number of ether oxygens (including phenoxy) is 2. The van der Waals surface area contributed by atoms with Crippen LogP contribution >= 0.6 is 0 Å². The molecule has 4 heteroatoms. The number of Topliss-reactive ketones (excluding diaryl/α,β-unsaturated/α-hetero) is 1. The molecule has 20 heavy (non-hydrogen) atoms. The van der Waals surface area contributed by atoms with Gasteiger partial charge < -0.3 is 9.47 Å². The summed E-state index contributed by atoms with van der Waals surface area (Å²) in [6.07, 6.45) is 3.35. The van der Waals surface area contributed by atoms with Crippen molar-refractivity contribution in [2.75, 3.05) is 6.61 Å². The first-order valence-corrected chi connectivity index (χ1v) is 7.81. The van der Waals surface area contributed by atoms with Gasteiger partial charge in [0, 0.05) is 0 Å². The van der Waals surface area contributed by atoms with Gasteiger partial charge in [-0.15, -0.1) is 0 Å². The molecule has 0 radical (unpaired) electrons. The van der Waals surface area contributed by atoms with Crippen LogP contribution in [0.4, 0.5) is 0 Å². The lowest BCUT2D eigenvalue weighted by atomic mass is 9.90. The van der Waals surface area contributed by atoms with Crippen LogP contribution in [-0.2, 0) is 19.1 Å². The molecule has 0 aromatic carbocycles. The minimum absolute atomic E-state index is 0.0890. The van der Waals surface area contributed by atoms with Crippen molar-refractivity contribution in [2.45, 2.75) is 71.7 Å². The van der Waals surface area contributed by atoms with Crippen LogP contribution in [0, 0.1) is 11.8 Å². The van der Waals surface area contributed by atoms with Crippen LogP contribution in [0.1, 0.15) is 53.4 Å². The highest BCUT2D eigenvalue weighted by Gasteiger charge is 2.40. The van der Waals surface area contributed by atoms with Gasteiger partial charge in [0.25, 0.3) is 0 Å². The Labute approximate surface area is 122 Å². The first-order valence-electron chi connectivity index (χ1n) is 7.81. The first-order chi connectivity index (χ1) is 9.54. The summed E-state index contributed by atoms with van der Waals surface area (Å²) in [6.45, 7) is 8.90. The molecule has 0 aliphatic carbocycles. The highest BCUT2D eigenvalue weighted by atomic mass is 16.6. The van der Waals surface area contributed by atoms with Gasteiger partial charge in [0.1, 0.15) is 6.10 Å².